The molecule has 0 aliphatic carbocycles. The minimum atomic E-state index is -1.04. The van der Waals surface area contributed by atoms with E-state index in [0.717, 1.165) is 10.5 Å². The second-order valence-corrected chi connectivity index (χ2v) is 7.99. The van der Waals surface area contributed by atoms with Crippen molar-refractivity contribution in [1.82, 2.24) is 4.90 Å². The van der Waals surface area contributed by atoms with E-state index >= 15 is 0 Å². The van der Waals surface area contributed by atoms with Gasteiger partial charge in [0.2, 0.25) is 5.91 Å². The van der Waals surface area contributed by atoms with Crippen molar-refractivity contribution in [3.05, 3.63) is 47.5 Å². The van der Waals surface area contributed by atoms with E-state index in [2.05, 4.69) is 6.58 Å². The maximum absolute atomic E-state index is 12.7. The summed E-state index contributed by atoms with van der Waals surface area (Å²) in [7, 11) is 0. The summed E-state index contributed by atoms with van der Waals surface area (Å²) in [6.45, 7) is 8.71. The fraction of sp³-hybridized carbons (Fsp3) is 0.450. The number of nitrogens with zero attached hydrogens (tertiary/aromatic N) is 1. The van der Waals surface area contributed by atoms with Gasteiger partial charge in [-0.3, -0.25) is 4.79 Å². The normalized spacial score (nSPS) is 19.7. The Labute approximate surface area is 164 Å². The standard InChI is InChI=1S/C20H24ClNO5/c1-13(21)10-15-11-16(18(24)26-12-14-8-6-5-7-9-14)22(17(15)23)19(25)27-20(2,3)4/h5-9,15-16H,1,10-12H2,2-4H3/t15-,16-/m0/s1. The number of hydrogen-bond acceptors (Lipinski definition) is 5. The number of allylic oxidation sites excluding steroid dienone is 1. The van der Waals surface area contributed by atoms with Gasteiger partial charge in [-0.15, -0.1) is 0 Å². The topological polar surface area (TPSA) is 72.9 Å². The van der Waals surface area contributed by atoms with Crippen molar-refractivity contribution < 1.29 is 23.9 Å². The van der Waals surface area contributed by atoms with Crippen molar-refractivity contribution >= 4 is 29.6 Å². The van der Waals surface area contributed by atoms with E-state index < -0.39 is 35.5 Å². The van der Waals surface area contributed by atoms with Gasteiger partial charge in [0.15, 0.2) is 0 Å². The van der Waals surface area contributed by atoms with Gasteiger partial charge in [-0.1, -0.05) is 48.5 Å². The molecule has 1 aromatic rings. The zero-order valence-electron chi connectivity index (χ0n) is 15.7. The van der Waals surface area contributed by atoms with Crippen molar-refractivity contribution in [2.24, 2.45) is 5.92 Å². The Bertz CT molecular complexity index is 726. The Hall–Kier alpha value is -2.34. The van der Waals surface area contributed by atoms with Crippen LogP contribution in [0.1, 0.15) is 39.2 Å². The minimum Gasteiger partial charge on any atom is -0.459 e. The summed E-state index contributed by atoms with van der Waals surface area (Å²) in [6, 6.07) is 8.11. The number of halogens is 1. The number of carbonyl (C=O) groups is 3. The molecule has 2 rings (SSSR count). The van der Waals surface area contributed by atoms with Gasteiger partial charge in [0.25, 0.3) is 0 Å². The van der Waals surface area contributed by atoms with Crippen molar-refractivity contribution in [3.8, 4) is 0 Å². The number of benzene rings is 1. The van der Waals surface area contributed by atoms with Crippen LogP contribution in [0.15, 0.2) is 41.9 Å². The molecule has 2 atom stereocenters. The molecule has 7 heteroatoms. The average molecular weight is 394 g/mol. The van der Waals surface area contributed by atoms with E-state index in [-0.39, 0.29) is 24.5 Å². The first-order valence-electron chi connectivity index (χ1n) is 8.68. The molecule has 0 bridgehead atoms. The molecule has 0 N–H and O–H groups in total. The summed E-state index contributed by atoms with van der Waals surface area (Å²) >= 11 is 5.83. The number of likely N-dealkylation sites (tertiary alicyclic amines) is 1. The molecule has 1 aromatic carbocycles. The fourth-order valence-electron chi connectivity index (χ4n) is 2.82. The van der Waals surface area contributed by atoms with Crippen molar-refractivity contribution in [1.29, 1.82) is 0 Å². The Morgan fingerprint density at radius 1 is 1.26 bits per heavy atom. The summed E-state index contributed by atoms with van der Waals surface area (Å²) in [5, 5.41) is 0.288. The number of hydrogen-bond donors (Lipinski definition) is 0. The first-order valence-corrected chi connectivity index (χ1v) is 9.06. The van der Waals surface area contributed by atoms with E-state index in [9.17, 15) is 14.4 Å². The average Bonchev–Trinajstić information content (AvgIpc) is 2.88. The van der Waals surface area contributed by atoms with Crippen molar-refractivity contribution in [2.75, 3.05) is 0 Å². The highest BCUT2D eigenvalue weighted by Gasteiger charge is 2.48. The predicted molar refractivity (Wildman–Crippen MR) is 101 cm³/mol. The van der Waals surface area contributed by atoms with Crippen LogP contribution in [0.5, 0.6) is 0 Å². The van der Waals surface area contributed by atoms with Crippen LogP contribution >= 0.6 is 11.6 Å². The van der Waals surface area contributed by atoms with Crippen LogP contribution in [0.25, 0.3) is 0 Å². The Morgan fingerprint density at radius 2 is 1.89 bits per heavy atom. The van der Waals surface area contributed by atoms with E-state index in [0.29, 0.717) is 0 Å². The summed E-state index contributed by atoms with van der Waals surface area (Å²) in [6.07, 6.45) is -0.559. The molecule has 146 valence electrons. The summed E-state index contributed by atoms with van der Waals surface area (Å²) in [5.41, 5.74) is 0.00832. The smallest absolute Gasteiger partial charge is 0.417 e. The quantitative estimate of drug-likeness (QED) is 0.706. The minimum absolute atomic E-state index is 0.0550. The number of amides is 2. The van der Waals surface area contributed by atoms with Crippen molar-refractivity contribution in [2.45, 2.75) is 51.9 Å². The molecule has 0 radical (unpaired) electrons. The van der Waals surface area contributed by atoms with Gasteiger partial charge < -0.3 is 9.47 Å². The molecule has 0 aromatic heterocycles. The van der Waals surface area contributed by atoms with Gasteiger partial charge in [0.1, 0.15) is 18.2 Å². The van der Waals surface area contributed by atoms with E-state index in [1.165, 1.54) is 0 Å². The lowest BCUT2D eigenvalue weighted by molar-refractivity contribution is -0.152. The predicted octanol–water partition coefficient (Wildman–Crippen LogP) is 4.02. The third-order valence-electron chi connectivity index (χ3n) is 3.96. The lowest BCUT2D eigenvalue weighted by Gasteiger charge is -2.26. The highest BCUT2D eigenvalue weighted by atomic mass is 35.5. The largest absolute Gasteiger partial charge is 0.459 e. The maximum atomic E-state index is 12.7. The van der Waals surface area contributed by atoms with Gasteiger partial charge in [-0.05, 0) is 39.2 Å². The molecule has 1 aliphatic rings. The first-order chi connectivity index (χ1) is 12.6. The highest BCUT2D eigenvalue weighted by Crippen LogP contribution is 2.32. The van der Waals surface area contributed by atoms with Gasteiger partial charge in [0.05, 0.1) is 0 Å². The highest BCUT2D eigenvalue weighted by molar-refractivity contribution is 6.29. The second kappa shape index (κ2) is 8.57. The third-order valence-corrected chi connectivity index (χ3v) is 4.11. The van der Waals surface area contributed by atoms with Gasteiger partial charge in [-0.25, -0.2) is 14.5 Å². The van der Waals surface area contributed by atoms with Gasteiger partial charge >= 0.3 is 12.1 Å². The summed E-state index contributed by atoms with van der Waals surface area (Å²) in [4.78, 5) is 38.6. The van der Waals surface area contributed by atoms with Gasteiger partial charge in [-0.2, -0.15) is 0 Å². The second-order valence-electron chi connectivity index (χ2n) is 7.45. The van der Waals surface area contributed by atoms with Crippen LogP contribution in [0.2, 0.25) is 0 Å². The van der Waals surface area contributed by atoms with Crippen LogP contribution in [-0.4, -0.2) is 34.5 Å². The molecule has 27 heavy (non-hydrogen) atoms. The first kappa shape index (κ1) is 21.0. The third kappa shape index (κ3) is 5.82. The maximum Gasteiger partial charge on any atom is 0.417 e. The number of rotatable bonds is 5. The Kier molecular flexibility index (Phi) is 6.65. The van der Waals surface area contributed by atoms with E-state index in [1.807, 2.05) is 30.3 Å². The van der Waals surface area contributed by atoms with Crippen LogP contribution in [0, 0.1) is 5.92 Å². The number of carbonyl (C=O) groups excluding carboxylic acids is 3. The molecular weight excluding hydrogens is 370 g/mol. The molecule has 1 fully saturated rings. The zero-order chi connectivity index (χ0) is 20.2. The Balaban J connectivity index is 2.15. The van der Waals surface area contributed by atoms with Gasteiger partial charge in [0, 0.05) is 11.0 Å². The lowest BCUT2D eigenvalue weighted by atomic mass is 10.0. The molecule has 1 saturated heterocycles. The van der Waals surface area contributed by atoms with Crippen LogP contribution in [0.3, 0.4) is 0 Å². The summed E-state index contributed by atoms with van der Waals surface area (Å²) < 4.78 is 10.6. The number of imide groups is 1. The molecular formula is C20H24ClNO5. The van der Waals surface area contributed by atoms with Crippen LogP contribution < -0.4 is 0 Å². The molecule has 1 heterocycles. The molecule has 1 aliphatic heterocycles. The van der Waals surface area contributed by atoms with E-state index in [1.54, 1.807) is 20.8 Å². The van der Waals surface area contributed by atoms with Crippen LogP contribution in [0.4, 0.5) is 4.79 Å². The fourth-order valence-corrected chi connectivity index (χ4v) is 3.01. The molecule has 6 nitrogen and oxygen atoms in total. The molecule has 0 saturated carbocycles. The van der Waals surface area contributed by atoms with E-state index in [4.69, 9.17) is 21.1 Å². The number of ether oxygens (including phenoxy) is 2. The number of esters is 1. The molecule has 0 unspecified atom stereocenters. The lowest BCUT2D eigenvalue weighted by Crippen LogP contribution is -2.46. The Morgan fingerprint density at radius 3 is 2.44 bits per heavy atom. The van der Waals surface area contributed by atoms with Crippen molar-refractivity contribution in [3.63, 3.8) is 0 Å². The molecule has 2 amide bonds. The molecule has 0 spiro atoms. The summed E-state index contributed by atoms with van der Waals surface area (Å²) in [5.74, 6) is -1.77. The zero-order valence-corrected chi connectivity index (χ0v) is 16.5. The van der Waals surface area contributed by atoms with Crippen LogP contribution in [-0.2, 0) is 25.7 Å². The monoisotopic (exact) mass is 393 g/mol. The SMILES string of the molecule is C=C(Cl)C[C@H]1C[C@@H](C(=O)OCc2ccccc2)N(C(=O)OC(C)(C)C)C1=O.